The van der Waals surface area contributed by atoms with Crippen LogP contribution >= 0.6 is 0 Å². The summed E-state index contributed by atoms with van der Waals surface area (Å²) in [5.41, 5.74) is 0. The van der Waals surface area contributed by atoms with Crippen molar-refractivity contribution in [1.82, 2.24) is 5.32 Å². The minimum absolute atomic E-state index is 0.0406. The molecule has 1 rings (SSSR count). The molecule has 0 aliphatic rings. The van der Waals surface area contributed by atoms with Gasteiger partial charge in [-0.2, -0.15) is 0 Å². The highest BCUT2D eigenvalue weighted by Gasteiger charge is 2.10. The van der Waals surface area contributed by atoms with Crippen LogP contribution in [0.1, 0.15) is 37.8 Å². The van der Waals surface area contributed by atoms with E-state index in [2.05, 4.69) is 5.32 Å². The molecule has 0 saturated heterocycles. The van der Waals surface area contributed by atoms with Crippen LogP contribution in [-0.2, 0) is 4.79 Å². The topological polar surface area (TPSA) is 42.2 Å². The first kappa shape index (κ1) is 9.84. The van der Waals surface area contributed by atoms with Gasteiger partial charge in [-0.3, -0.25) is 4.79 Å². The Bertz CT molecular complexity index is 291. The van der Waals surface area contributed by atoms with Crippen molar-refractivity contribution in [2.24, 2.45) is 0 Å². The predicted molar refractivity (Wildman–Crippen MR) is 50.3 cm³/mol. The van der Waals surface area contributed by atoms with Crippen LogP contribution < -0.4 is 5.32 Å². The molecule has 1 aromatic rings. The lowest BCUT2D eigenvalue weighted by molar-refractivity contribution is -0.121. The van der Waals surface area contributed by atoms with E-state index in [4.69, 9.17) is 4.42 Å². The summed E-state index contributed by atoms with van der Waals surface area (Å²) < 4.78 is 5.38. The monoisotopic (exact) mass is 181 g/mol. The minimum atomic E-state index is -0.0406. The largest absolute Gasteiger partial charge is 0.464 e. The summed E-state index contributed by atoms with van der Waals surface area (Å²) in [6.45, 7) is 5.62. The molecule has 1 N–H and O–H groups in total. The smallest absolute Gasteiger partial charge is 0.220 e. The maximum Gasteiger partial charge on any atom is 0.220 e. The van der Waals surface area contributed by atoms with Crippen LogP contribution in [0.4, 0.5) is 0 Å². The van der Waals surface area contributed by atoms with Gasteiger partial charge >= 0.3 is 0 Å². The Balaban J connectivity index is 2.58. The molecule has 0 spiro atoms. The molecule has 1 aromatic heterocycles. The highest BCUT2D eigenvalue weighted by molar-refractivity contribution is 5.75. The second-order valence-corrected chi connectivity index (χ2v) is 3.09. The molecule has 13 heavy (non-hydrogen) atoms. The molecule has 0 radical (unpaired) electrons. The second kappa shape index (κ2) is 4.12. The van der Waals surface area contributed by atoms with Crippen LogP contribution in [0, 0.1) is 6.92 Å². The van der Waals surface area contributed by atoms with Crippen LogP contribution in [0.2, 0.25) is 0 Å². The number of carbonyl (C=O) groups is 1. The first-order chi connectivity index (χ1) is 6.13. The van der Waals surface area contributed by atoms with E-state index in [0.29, 0.717) is 6.42 Å². The maximum absolute atomic E-state index is 11.0. The van der Waals surface area contributed by atoms with Crippen LogP contribution in [0.5, 0.6) is 0 Å². The van der Waals surface area contributed by atoms with E-state index in [1.54, 1.807) is 0 Å². The SMILES string of the molecule is CCC(=O)NC(C)c1ccc(C)o1. The molecule has 0 aliphatic carbocycles. The number of furan rings is 1. The van der Waals surface area contributed by atoms with Crippen molar-refractivity contribution in [2.45, 2.75) is 33.2 Å². The Labute approximate surface area is 78.1 Å². The number of hydrogen-bond acceptors (Lipinski definition) is 2. The van der Waals surface area contributed by atoms with E-state index >= 15 is 0 Å². The van der Waals surface area contributed by atoms with E-state index in [1.165, 1.54) is 0 Å². The molecule has 1 amide bonds. The third kappa shape index (κ3) is 2.61. The highest BCUT2D eigenvalue weighted by Crippen LogP contribution is 2.15. The fourth-order valence-corrected chi connectivity index (χ4v) is 1.10. The zero-order valence-electron chi connectivity index (χ0n) is 8.26. The van der Waals surface area contributed by atoms with Crippen LogP contribution in [0.25, 0.3) is 0 Å². The summed E-state index contributed by atoms with van der Waals surface area (Å²) in [6.07, 6.45) is 0.504. The molecule has 72 valence electrons. The van der Waals surface area contributed by atoms with Gasteiger partial charge in [0.1, 0.15) is 11.5 Å². The van der Waals surface area contributed by atoms with E-state index in [0.717, 1.165) is 11.5 Å². The van der Waals surface area contributed by atoms with E-state index in [1.807, 2.05) is 32.9 Å². The molecule has 3 heteroatoms. The summed E-state index contributed by atoms with van der Waals surface area (Å²) >= 11 is 0. The zero-order chi connectivity index (χ0) is 9.84. The fourth-order valence-electron chi connectivity index (χ4n) is 1.10. The Kier molecular flexibility index (Phi) is 3.12. The molecule has 0 fully saturated rings. The number of amides is 1. The Morgan fingerprint density at radius 3 is 2.77 bits per heavy atom. The van der Waals surface area contributed by atoms with Crippen molar-refractivity contribution in [2.75, 3.05) is 0 Å². The second-order valence-electron chi connectivity index (χ2n) is 3.09. The number of rotatable bonds is 3. The lowest BCUT2D eigenvalue weighted by atomic mass is 10.2. The van der Waals surface area contributed by atoms with Gasteiger partial charge in [-0.15, -0.1) is 0 Å². The van der Waals surface area contributed by atoms with Gasteiger partial charge in [0, 0.05) is 6.42 Å². The normalized spacial score (nSPS) is 12.5. The molecule has 3 nitrogen and oxygen atoms in total. The summed E-state index contributed by atoms with van der Waals surface area (Å²) in [5, 5.41) is 2.83. The molecule has 0 saturated carbocycles. The summed E-state index contributed by atoms with van der Waals surface area (Å²) in [4.78, 5) is 11.0. The lowest BCUT2D eigenvalue weighted by Gasteiger charge is -2.09. The van der Waals surface area contributed by atoms with Gasteiger partial charge < -0.3 is 9.73 Å². The molecule has 1 unspecified atom stereocenters. The Morgan fingerprint density at radius 1 is 1.62 bits per heavy atom. The third-order valence-electron chi connectivity index (χ3n) is 1.89. The van der Waals surface area contributed by atoms with Gasteiger partial charge in [0.15, 0.2) is 0 Å². The molecule has 1 heterocycles. The fraction of sp³-hybridized carbons (Fsp3) is 0.500. The van der Waals surface area contributed by atoms with Crippen molar-refractivity contribution in [3.05, 3.63) is 23.7 Å². The number of hydrogen-bond donors (Lipinski definition) is 1. The number of aryl methyl sites for hydroxylation is 1. The van der Waals surface area contributed by atoms with Gasteiger partial charge in [-0.05, 0) is 26.0 Å². The van der Waals surface area contributed by atoms with E-state index in [9.17, 15) is 4.79 Å². The van der Waals surface area contributed by atoms with Gasteiger partial charge in [0.25, 0.3) is 0 Å². The average molecular weight is 181 g/mol. The van der Waals surface area contributed by atoms with Gasteiger partial charge in [-0.25, -0.2) is 0 Å². The van der Waals surface area contributed by atoms with Gasteiger partial charge in [-0.1, -0.05) is 6.92 Å². The van der Waals surface area contributed by atoms with Crippen LogP contribution in [0.3, 0.4) is 0 Å². The molecule has 0 bridgehead atoms. The molecule has 1 atom stereocenters. The quantitative estimate of drug-likeness (QED) is 0.776. The zero-order valence-corrected chi connectivity index (χ0v) is 8.26. The molecule has 0 aliphatic heterocycles. The van der Waals surface area contributed by atoms with Crippen molar-refractivity contribution in [3.8, 4) is 0 Å². The summed E-state index contributed by atoms with van der Waals surface area (Å²) in [6, 6.07) is 3.74. The van der Waals surface area contributed by atoms with Crippen LogP contribution in [-0.4, -0.2) is 5.91 Å². The van der Waals surface area contributed by atoms with Crippen molar-refractivity contribution in [3.63, 3.8) is 0 Å². The summed E-state index contributed by atoms with van der Waals surface area (Å²) in [7, 11) is 0. The van der Waals surface area contributed by atoms with Gasteiger partial charge in [0.05, 0.1) is 6.04 Å². The Morgan fingerprint density at radius 2 is 2.31 bits per heavy atom. The Hall–Kier alpha value is -1.25. The molecule has 0 aromatic carbocycles. The summed E-state index contributed by atoms with van der Waals surface area (Å²) in [5.74, 6) is 1.72. The van der Waals surface area contributed by atoms with Crippen molar-refractivity contribution < 1.29 is 9.21 Å². The molecular weight excluding hydrogens is 166 g/mol. The minimum Gasteiger partial charge on any atom is -0.464 e. The lowest BCUT2D eigenvalue weighted by Crippen LogP contribution is -2.25. The van der Waals surface area contributed by atoms with Crippen molar-refractivity contribution >= 4 is 5.91 Å². The van der Waals surface area contributed by atoms with E-state index in [-0.39, 0.29) is 11.9 Å². The first-order valence-corrected chi connectivity index (χ1v) is 4.49. The van der Waals surface area contributed by atoms with E-state index < -0.39 is 0 Å². The maximum atomic E-state index is 11.0. The highest BCUT2D eigenvalue weighted by atomic mass is 16.3. The average Bonchev–Trinajstić information content (AvgIpc) is 2.51. The van der Waals surface area contributed by atoms with Crippen LogP contribution in [0.15, 0.2) is 16.5 Å². The predicted octanol–water partition coefficient (Wildman–Crippen LogP) is 2.18. The third-order valence-corrected chi connectivity index (χ3v) is 1.89. The van der Waals surface area contributed by atoms with Gasteiger partial charge in [0.2, 0.25) is 5.91 Å². The molecular formula is C10H15NO2. The standard InChI is InChI=1S/C10H15NO2/c1-4-10(12)11-8(3)9-6-5-7(2)13-9/h5-6,8H,4H2,1-3H3,(H,11,12). The number of nitrogens with one attached hydrogen (secondary N) is 1. The van der Waals surface area contributed by atoms with Crippen molar-refractivity contribution in [1.29, 1.82) is 0 Å². The first-order valence-electron chi connectivity index (χ1n) is 4.49. The number of carbonyl (C=O) groups excluding carboxylic acids is 1.